The van der Waals surface area contributed by atoms with E-state index in [4.69, 9.17) is 14.2 Å². The van der Waals surface area contributed by atoms with Crippen LogP contribution in [0.4, 0.5) is 5.69 Å². The fraction of sp³-hybridized carbons (Fsp3) is 0.273. The number of aryl methyl sites for hydroxylation is 1. The summed E-state index contributed by atoms with van der Waals surface area (Å²) in [4.78, 5) is 16.4. The molecule has 1 amide bonds. The fourth-order valence-electron chi connectivity index (χ4n) is 2.88. The van der Waals surface area contributed by atoms with Crippen molar-refractivity contribution in [2.45, 2.75) is 19.4 Å². The van der Waals surface area contributed by atoms with Gasteiger partial charge in [-0.1, -0.05) is 18.2 Å². The summed E-state index contributed by atoms with van der Waals surface area (Å²) in [6.45, 7) is 1.16. The van der Waals surface area contributed by atoms with Crippen molar-refractivity contribution >= 4 is 11.6 Å². The average Bonchev–Trinajstić information content (AvgIpc) is 3.26. The molecule has 0 unspecified atom stereocenters. The number of methoxy groups -OCH3 is 2. The first-order valence-electron chi connectivity index (χ1n) is 9.38. The highest BCUT2D eigenvalue weighted by molar-refractivity contribution is 5.92. The molecule has 3 aromatic rings. The highest BCUT2D eigenvalue weighted by atomic mass is 16.5. The summed E-state index contributed by atoms with van der Waals surface area (Å²) in [5.41, 5.74) is 1.66. The van der Waals surface area contributed by atoms with Crippen LogP contribution in [-0.4, -0.2) is 36.3 Å². The average molecular weight is 395 g/mol. The minimum atomic E-state index is -0.0783. The van der Waals surface area contributed by atoms with Crippen molar-refractivity contribution in [1.82, 2.24) is 9.55 Å². The normalized spacial score (nSPS) is 10.4. The molecule has 2 aromatic carbocycles. The second-order valence-corrected chi connectivity index (χ2v) is 6.38. The molecule has 7 nitrogen and oxygen atoms in total. The SMILES string of the molecule is COc1ccc(CCC(=O)Nc2ccccc2OCCn2ccnc2)cc1OC. The van der Waals surface area contributed by atoms with E-state index >= 15 is 0 Å². The van der Waals surface area contributed by atoms with Crippen LogP contribution in [0, 0.1) is 0 Å². The maximum absolute atomic E-state index is 12.4. The van der Waals surface area contributed by atoms with Gasteiger partial charge >= 0.3 is 0 Å². The maximum atomic E-state index is 12.4. The molecule has 29 heavy (non-hydrogen) atoms. The molecule has 0 fully saturated rings. The Morgan fingerprint density at radius 3 is 2.66 bits per heavy atom. The zero-order valence-corrected chi connectivity index (χ0v) is 16.6. The first-order valence-corrected chi connectivity index (χ1v) is 9.38. The van der Waals surface area contributed by atoms with Crippen LogP contribution >= 0.6 is 0 Å². The van der Waals surface area contributed by atoms with E-state index in [1.165, 1.54) is 0 Å². The lowest BCUT2D eigenvalue weighted by atomic mass is 10.1. The number of para-hydroxylation sites is 2. The van der Waals surface area contributed by atoms with Crippen LogP contribution in [0.3, 0.4) is 0 Å². The van der Waals surface area contributed by atoms with Gasteiger partial charge in [-0.25, -0.2) is 4.98 Å². The van der Waals surface area contributed by atoms with Crippen LogP contribution in [-0.2, 0) is 17.8 Å². The van der Waals surface area contributed by atoms with E-state index in [-0.39, 0.29) is 5.91 Å². The second kappa shape index (κ2) is 10.2. The predicted octanol–water partition coefficient (Wildman–Crippen LogP) is 3.55. The third kappa shape index (κ3) is 5.75. The molecule has 0 atom stereocenters. The predicted molar refractivity (Wildman–Crippen MR) is 111 cm³/mol. The Labute approximate surface area is 170 Å². The summed E-state index contributed by atoms with van der Waals surface area (Å²) in [6.07, 6.45) is 6.29. The molecule has 0 aliphatic carbocycles. The monoisotopic (exact) mass is 395 g/mol. The Bertz CT molecular complexity index is 926. The van der Waals surface area contributed by atoms with E-state index < -0.39 is 0 Å². The Morgan fingerprint density at radius 1 is 1.07 bits per heavy atom. The molecule has 0 aliphatic heterocycles. The minimum Gasteiger partial charge on any atom is -0.493 e. The molecule has 0 radical (unpaired) electrons. The number of imidazole rings is 1. The Balaban J connectivity index is 1.54. The Hall–Kier alpha value is -3.48. The van der Waals surface area contributed by atoms with Crippen molar-refractivity contribution < 1.29 is 19.0 Å². The molecule has 1 aromatic heterocycles. The molecular formula is C22H25N3O4. The molecule has 1 N–H and O–H groups in total. The van der Waals surface area contributed by atoms with Gasteiger partial charge in [-0.15, -0.1) is 0 Å². The third-order valence-electron chi connectivity index (χ3n) is 4.42. The number of carbonyl (C=O) groups is 1. The largest absolute Gasteiger partial charge is 0.493 e. The highest BCUT2D eigenvalue weighted by Crippen LogP contribution is 2.28. The van der Waals surface area contributed by atoms with E-state index in [9.17, 15) is 4.79 Å². The number of ether oxygens (including phenoxy) is 3. The van der Waals surface area contributed by atoms with E-state index in [2.05, 4.69) is 10.3 Å². The number of nitrogens with zero attached hydrogens (tertiary/aromatic N) is 2. The van der Waals surface area contributed by atoms with Gasteiger partial charge in [-0.2, -0.15) is 0 Å². The number of aromatic nitrogens is 2. The van der Waals surface area contributed by atoms with E-state index in [0.717, 1.165) is 5.56 Å². The minimum absolute atomic E-state index is 0.0783. The summed E-state index contributed by atoms with van der Waals surface area (Å²) in [6, 6.07) is 13.1. The zero-order chi connectivity index (χ0) is 20.5. The second-order valence-electron chi connectivity index (χ2n) is 6.38. The van der Waals surface area contributed by atoms with Gasteiger partial charge < -0.3 is 24.1 Å². The van der Waals surface area contributed by atoms with Crippen molar-refractivity contribution in [2.24, 2.45) is 0 Å². The third-order valence-corrected chi connectivity index (χ3v) is 4.42. The van der Waals surface area contributed by atoms with Crippen LogP contribution in [0.15, 0.2) is 61.2 Å². The van der Waals surface area contributed by atoms with Crippen molar-refractivity contribution in [3.63, 3.8) is 0 Å². The van der Waals surface area contributed by atoms with Gasteiger partial charge in [-0.3, -0.25) is 4.79 Å². The molecule has 0 saturated heterocycles. The molecule has 0 aliphatic rings. The Kier molecular flexibility index (Phi) is 7.10. The standard InChI is InChI=1S/C22H25N3O4/c1-27-20-9-7-17(15-21(20)28-2)8-10-22(26)24-18-5-3-4-6-19(18)29-14-13-25-12-11-23-16-25/h3-7,9,11-12,15-16H,8,10,13-14H2,1-2H3,(H,24,26). The van der Waals surface area contributed by atoms with Crippen molar-refractivity contribution in [2.75, 3.05) is 26.1 Å². The lowest BCUT2D eigenvalue weighted by Gasteiger charge is -2.13. The molecule has 152 valence electrons. The molecule has 7 heteroatoms. The van der Waals surface area contributed by atoms with E-state index in [1.54, 1.807) is 26.7 Å². The first kappa shape index (κ1) is 20.3. The fourth-order valence-corrected chi connectivity index (χ4v) is 2.88. The van der Waals surface area contributed by atoms with Crippen LogP contribution in [0.5, 0.6) is 17.2 Å². The lowest BCUT2D eigenvalue weighted by molar-refractivity contribution is -0.116. The van der Waals surface area contributed by atoms with Gasteiger partial charge in [0, 0.05) is 18.8 Å². The summed E-state index contributed by atoms with van der Waals surface area (Å²) in [5, 5.41) is 2.94. The van der Waals surface area contributed by atoms with E-state index in [1.807, 2.05) is 53.2 Å². The van der Waals surface area contributed by atoms with Gasteiger partial charge in [0.05, 0.1) is 32.8 Å². The lowest BCUT2D eigenvalue weighted by Crippen LogP contribution is -2.14. The summed E-state index contributed by atoms with van der Waals surface area (Å²) in [5.74, 6) is 1.89. The number of amides is 1. The zero-order valence-electron chi connectivity index (χ0n) is 16.6. The van der Waals surface area contributed by atoms with Crippen LogP contribution in [0.2, 0.25) is 0 Å². The molecule has 3 rings (SSSR count). The molecule has 1 heterocycles. The number of hydrogen-bond acceptors (Lipinski definition) is 5. The number of rotatable bonds is 10. The van der Waals surface area contributed by atoms with Crippen molar-refractivity contribution in [3.05, 3.63) is 66.7 Å². The van der Waals surface area contributed by atoms with Gasteiger partial charge in [0.15, 0.2) is 11.5 Å². The Morgan fingerprint density at radius 2 is 1.90 bits per heavy atom. The summed E-state index contributed by atoms with van der Waals surface area (Å²) >= 11 is 0. The van der Waals surface area contributed by atoms with Gasteiger partial charge in [0.25, 0.3) is 0 Å². The smallest absolute Gasteiger partial charge is 0.224 e. The summed E-state index contributed by atoms with van der Waals surface area (Å²) in [7, 11) is 3.19. The molecule has 0 saturated carbocycles. The number of benzene rings is 2. The van der Waals surface area contributed by atoms with E-state index in [0.29, 0.717) is 48.9 Å². The molecular weight excluding hydrogens is 370 g/mol. The summed E-state index contributed by atoms with van der Waals surface area (Å²) < 4.78 is 18.3. The van der Waals surface area contributed by atoms with Crippen LogP contribution in [0.25, 0.3) is 0 Å². The molecule has 0 spiro atoms. The number of hydrogen-bond donors (Lipinski definition) is 1. The van der Waals surface area contributed by atoms with Crippen molar-refractivity contribution in [3.8, 4) is 17.2 Å². The van der Waals surface area contributed by atoms with Crippen LogP contribution in [0.1, 0.15) is 12.0 Å². The number of anilines is 1. The maximum Gasteiger partial charge on any atom is 0.224 e. The van der Waals surface area contributed by atoms with Gasteiger partial charge in [0.1, 0.15) is 12.4 Å². The highest BCUT2D eigenvalue weighted by Gasteiger charge is 2.10. The topological polar surface area (TPSA) is 74.6 Å². The molecule has 0 bridgehead atoms. The van der Waals surface area contributed by atoms with Gasteiger partial charge in [0.2, 0.25) is 5.91 Å². The first-order chi connectivity index (χ1) is 14.2. The quantitative estimate of drug-likeness (QED) is 0.568. The van der Waals surface area contributed by atoms with Gasteiger partial charge in [-0.05, 0) is 36.2 Å². The van der Waals surface area contributed by atoms with Crippen molar-refractivity contribution in [1.29, 1.82) is 0 Å². The number of carbonyl (C=O) groups excluding carboxylic acids is 1. The number of nitrogens with one attached hydrogen (secondary N) is 1. The van der Waals surface area contributed by atoms with Crippen LogP contribution < -0.4 is 19.5 Å².